The highest BCUT2D eigenvalue weighted by Gasteiger charge is 2.16. The van der Waals surface area contributed by atoms with Gasteiger partial charge >= 0.3 is 12.1 Å². The minimum atomic E-state index is -0.424. The molecule has 0 spiro atoms. The predicted octanol–water partition coefficient (Wildman–Crippen LogP) is 2.91. The summed E-state index contributed by atoms with van der Waals surface area (Å²) >= 11 is 0. The summed E-state index contributed by atoms with van der Waals surface area (Å²) in [4.78, 5) is 26.9. The zero-order valence-corrected chi connectivity index (χ0v) is 14.5. The molecule has 0 unspecified atom stereocenters. The van der Waals surface area contributed by atoms with Gasteiger partial charge in [0.2, 0.25) is 0 Å². The lowest BCUT2D eigenvalue weighted by Crippen LogP contribution is -2.31. The third-order valence-electron chi connectivity index (χ3n) is 2.08. The first kappa shape index (κ1) is 20.4. The summed E-state index contributed by atoms with van der Waals surface area (Å²) in [6, 6.07) is 5.50. The lowest BCUT2D eigenvalue weighted by atomic mass is 10.2. The van der Waals surface area contributed by atoms with Crippen molar-refractivity contribution >= 4 is 18.1 Å². The second-order valence-electron chi connectivity index (χ2n) is 5.61. The molecule has 0 aliphatic rings. The van der Waals surface area contributed by atoms with Crippen molar-refractivity contribution in [1.29, 1.82) is 0 Å². The fourth-order valence-corrected chi connectivity index (χ4v) is 1.07. The number of ether oxygens (including phenoxy) is 2. The number of nitrogens with zero attached hydrogens (tertiary/aromatic N) is 2. The molecule has 0 saturated carbocycles. The van der Waals surface area contributed by atoms with E-state index in [4.69, 9.17) is 4.74 Å². The van der Waals surface area contributed by atoms with Gasteiger partial charge in [-0.25, -0.2) is 9.59 Å². The second-order valence-corrected chi connectivity index (χ2v) is 5.61. The Morgan fingerprint density at radius 1 is 1.26 bits per heavy atom. The van der Waals surface area contributed by atoms with E-state index in [0.29, 0.717) is 0 Å². The molecular weight excluding hydrogens is 296 g/mol. The molecule has 0 N–H and O–H groups in total. The highest BCUT2D eigenvalue weighted by Crippen LogP contribution is 2.07. The quantitative estimate of drug-likeness (QED) is 0.476. The van der Waals surface area contributed by atoms with Crippen molar-refractivity contribution < 1.29 is 19.1 Å². The van der Waals surface area contributed by atoms with Crippen LogP contribution in [0, 0.1) is 0 Å². The van der Waals surface area contributed by atoms with Crippen LogP contribution in [0.5, 0.6) is 0 Å². The molecule has 0 aliphatic carbocycles. The molecule has 1 heterocycles. The Balaban J connectivity index is 0.000000438. The van der Waals surface area contributed by atoms with Gasteiger partial charge in [-0.15, -0.1) is 5.73 Å². The van der Waals surface area contributed by atoms with E-state index < -0.39 is 5.97 Å². The van der Waals surface area contributed by atoms with Gasteiger partial charge in [0, 0.05) is 26.4 Å². The van der Waals surface area contributed by atoms with Crippen LogP contribution in [0.4, 0.5) is 4.79 Å². The molecule has 6 heteroatoms. The normalized spacial score (nSPS) is 9.48. The molecule has 0 aromatic carbocycles. The number of amides is 1. The van der Waals surface area contributed by atoms with Crippen LogP contribution >= 0.6 is 0 Å². The summed E-state index contributed by atoms with van der Waals surface area (Å²) in [6.45, 7) is 5.52. The molecule has 1 aromatic rings. The highest BCUT2D eigenvalue weighted by atomic mass is 16.6. The third kappa shape index (κ3) is 11.7. The molecule has 6 nitrogen and oxygen atoms in total. The zero-order chi connectivity index (χ0) is 17.9. The number of pyridine rings is 1. The maximum absolute atomic E-state index is 10.9. The molecule has 0 atom stereocenters. The number of carbonyl (C=O) groups excluding carboxylic acids is 2. The third-order valence-corrected chi connectivity index (χ3v) is 2.08. The van der Waals surface area contributed by atoms with Crippen molar-refractivity contribution in [2.24, 2.45) is 0 Å². The molecule has 0 radical (unpaired) electrons. The van der Waals surface area contributed by atoms with Gasteiger partial charge in [0.05, 0.1) is 18.9 Å². The fraction of sp³-hybridized carbons (Fsp3) is 0.412. The number of aromatic nitrogens is 1. The maximum atomic E-state index is 10.9. The van der Waals surface area contributed by atoms with Crippen molar-refractivity contribution in [3.05, 3.63) is 41.9 Å². The van der Waals surface area contributed by atoms with E-state index in [9.17, 15) is 9.59 Å². The van der Waals surface area contributed by atoms with Crippen LogP contribution in [0.1, 0.15) is 26.5 Å². The van der Waals surface area contributed by atoms with E-state index in [1.807, 2.05) is 39.0 Å². The zero-order valence-electron chi connectivity index (χ0n) is 14.5. The van der Waals surface area contributed by atoms with Gasteiger partial charge in [-0.1, -0.05) is 6.07 Å². The SMILES string of the molecule is CN(C)C(=O)OC(C)(C)C.COC(=O)C=C=Cc1ccccn1. The summed E-state index contributed by atoms with van der Waals surface area (Å²) in [5.74, 6) is -0.424. The van der Waals surface area contributed by atoms with Gasteiger partial charge < -0.3 is 14.4 Å². The smallest absolute Gasteiger partial charge is 0.409 e. The standard InChI is InChI=1S/C10H9NO2.C7H15NO2/c1-13-10(12)7-4-6-9-5-2-3-8-11-9;1-7(2,3)10-6(9)8(4)5/h2-3,5-8H,1H3;1-5H3. The van der Waals surface area contributed by atoms with Gasteiger partial charge in [-0.2, -0.15) is 0 Å². The van der Waals surface area contributed by atoms with Gasteiger partial charge in [-0.3, -0.25) is 4.98 Å². The van der Waals surface area contributed by atoms with Crippen molar-refractivity contribution in [3.8, 4) is 0 Å². The average Bonchev–Trinajstić information content (AvgIpc) is 2.47. The molecule has 0 saturated heterocycles. The number of esters is 1. The lowest BCUT2D eigenvalue weighted by molar-refractivity contribution is -0.134. The Morgan fingerprint density at radius 3 is 2.30 bits per heavy atom. The highest BCUT2D eigenvalue weighted by molar-refractivity contribution is 5.82. The average molecular weight is 320 g/mol. The van der Waals surface area contributed by atoms with Crippen LogP contribution in [0.3, 0.4) is 0 Å². The molecule has 1 rings (SSSR count). The Morgan fingerprint density at radius 2 is 1.91 bits per heavy atom. The van der Waals surface area contributed by atoms with Gasteiger partial charge in [0.25, 0.3) is 0 Å². The molecule has 1 aromatic heterocycles. The number of hydrogen-bond donors (Lipinski definition) is 0. The van der Waals surface area contributed by atoms with E-state index in [0.717, 1.165) is 5.69 Å². The largest absolute Gasteiger partial charge is 0.465 e. The second kappa shape index (κ2) is 10.2. The minimum Gasteiger partial charge on any atom is -0.465 e. The van der Waals surface area contributed by atoms with Crippen LogP contribution in [-0.4, -0.2) is 48.8 Å². The summed E-state index contributed by atoms with van der Waals surface area (Å²) in [7, 11) is 4.64. The summed E-state index contributed by atoms with van der Waals surface area (Å²) < 4.78 is 9.38. The number of hydrogen-bond acceptors (Lipinski definition) is 5. The van der Waals surface area contributed by atoms with Crippen LogP contribution in [0.15, 0.2) is 36.2 Å². The molecule has 1 amide bonds. The van der Waals surface area contributed by atoms with Gasteiger partial charge in [0.1, 0.15) is 5.60 Å². The Labute approximate surface area is 137 Å². The molecule has 0 aliphatic heterocycles. The van der Waals surface area contributed by atoms with E-state index in [1.165, 1.54) is 18.1 Å². The fourth-order valence-electron chi connectivity index (χ4n) is 1.07. The number of methoxy groups -OCH3 is 1. The van der Waals surface area contributed by atoms with Crippen molar-refractivity contribution in [2.75, 3.05) is 21.2 Å². The molecule has 0 fully saturated rings. The Kier molecular flexibility index (Phi) is 9.04. The lowest BCUT2D eigenvalue weighted by Gasteiger charge is -2.22. The number of rotatable bonds is 2. The summed E-state index contributed by atoms with van der Waals surface area (Å²) in [5.41, 5.74) is 3.03. The first-order valence-corrected chi connectivity index (χ1v) is 6.97. The van der Waals surface area contributed by atoms with Crippen molar-refractivity contribution in [2.45, 2.75) is 26.4 Å². The minimum absolute atomic E-state index is 0.299. The summed E-state index contributed by atoms with van der Waals surface area (Å²) in [5, 5.41) is 0. The molecule has 23 heavy (non-hydrogen) atoms. The summed E-state index contributed by atoms with van der Waals surface area (Å²) in [6.07, 6.45) is 4.20. The monoisotopic (exact) mass is 320 g/mol. The molecule has 126 valence electrons. The van der Waals surface area contributed by atoms with Crippen LogP contribution in [-0.2, 0) is 14.3 Å². The van der Waals surface area contributed by atoms with E-state index in [1.54, 1.807) is 26.4 Å². The van der Waals surface area contributed by atoms with Crippen LogP contribution < -0.4 is 0 Å². The van der Waals surface area contributed by atoms with Gasteiger partial charge in [-0.05, 0) is 32.9 Å². The maximum Gasteiger partial charge on any atom is 0.409 e. The van der Waals surface area contributed by atoms with E-state index in [-0.39, 0.29) is 11.7 Å². The Hall–Kier alpha value is -2.59. The predicted molar refractivity (Wildman–Crippen MR) is 88.7 cm³/mol. The van der Waals surface area contributed by atoms with E-state index in [2.05, 4.69) is 15.5 Å². The molecule has 0 bridgehead atoms. The number of carbonyl (C=O) groups is 2. The molecular formula is C17H24N2O4. The van der Waals surface area contributed by atoms with E-state index >= 15 is 0 Å². The Bertz CT molecular complexity index is 554. The van der Waals surface area contributed by atoms with Crippen LogP contribution in [0.2, 0.25) is 0 Å². The topological polar surface area (TPSA) is 68.7 Å². The van der Waals surface area contributed by atoms with Gasteiger partial charge in [0.15, 0.2) is 0 Å². The van der Waals surface area contributed by atoms with Crippen molar-refractivity contribution in [3.63, 3.8) is 0 Å². The van der Waals surface area contributed by atoms with Crippen LogP contribution in [0.25, 0.3) is 6.08 Å². The first-order valence-electron chi connectivity index (χ1n) is 6.97. The van der Waals surface area contributed by atoms with Crippen molar-refractivity contribution in [1.82, 2.24) is 9.88 Å². The first-order chi connectivity index (χ1) is 10.7.